The fourth-order valence-electron chi connectivity index (χ4n) is 3.45. The highest BCUT2D eigenvalue weighted by molar-refractivity contribution is 5.76. The Morgan fingerprint density at radius 3 is 2.56 bits per heavy atom. The van der Waals surface area contributed by atoms with E-state index in [1.807, 2.05) is 23.1 Å². The predicted molar refractivity (Wildman–Crippen MR) is 97.4 cm³/mol. The molecular weight excluding hydrogens is 316 g/mol. The van der Waals surface area contributed by atoms with Gasteiger partial charge in [-0.1, -0.05) is 44.2 Å². The van der Waals surface area contributed by atoms with Crippen molar-refractivity contribution in [2.45, 2.75) is 32.5 Å². The Balaban J connectivity index is 1.61. The Bertz CT molecular complexity index is 543. The zero-order valence-electron chi connectivity index (χ0n) is 15.4. The molecule has 3 rings (SSSR count). The number of hydrogen-bond acceptors (Lipinski definition) is 4. The van der Waals surface area contributed by atoms with Crippen LogP contribution in [0.2, 0.25) is 0 Å². The zero-order chi connectivity index (χ0) is 17.6. The van der Waals surface area contributed by atoms with Crippen LogP contribution in [0.25, 0.3) is 0 Å². The van der Waals surface area contributed by atoms with E-state index < -0.39 is 0 Å². The molecule has 2 aliphatic rings. The van der Waals surface area contributed by atoms with Gasteiger partial charge in [-0.25, -0.2) is 0 Å². The van der Waals surface area contributed by atoms with Gasteiger partial charge in [0.25, 0.3) is 0 Å². The number of carbonyl (C=O) groups excluding carboxylic acids is 1. The van der Waals surface area contributed by atoms with Gasteiger partial charge >= 0.3 is 0 Å². The van der Waals surface area contributed by atoms with E-state index in [4.69, 9.17) is 9.47 Å². The molecule has 1 aromatic rings. The first-order valence-corrected chi connectivity index (χ1v) is 9.42. The largest absolute Gasteiger partial charge is 0.379 e. The minimum Gasteiger partial charge on any atom is -0.379 e. The Kier molecular flexibility index (Phi) is 6.45. The van der Waals surface area contributed by atoms with Gasteiger partial charge in [-0.3, -0.25) is 9.69 Å². The van der Waals surface area contributed by atoms with Gasteiger partial charge in [0.1, 0.15) is 6.10 Å². The molecular formula is C20H30N2O3. The second-order valence-electron chi connectivity index (χ2n) is 7.32. The number of rotatable bonds is 5. The van der Waals surface area contributed by atoms with Crippen LogP contribution in [0.4, 0.5) is 0 Å². The SMILES string of the molecule is CC(C)[C@H]1CN(C(=O)CCN2CCOCC2)C[C@@H](c2ccccc2)O1. The number of morpholine rings is 2. The maximum absolute atomic E-state index is 12.8. The third kappa shape index (κ3) is 5.03. The lowest BCUT2D eigenvalue weighted by molar-refractivity contribution is -0.150. The number of nitrogens with zero attached hydrogens (tertiary/aromatic N) is 2. The first-order chi connectivity index (χ1) is 12.1. The molecule has 0 saturated carbocycles. The summed E-state index contributed by atoms with van der Waals surface area (Å²) in [5.74, 6) is 0.627. The average Bonchev–Trinajstić information content (AvgIpc) is 2.67. The van der Waals surface area contributed by atoms with Crippen molar-refractivity contribution < 1.29 is 14.3 Å². The van der Waals surface area contributed by atoms with Crippen molar-refractivity contribution >= 4 is 5.91 Å². The van der Waals surface area contributed by atoms with Crippen molar-refractivity contribution in [2.24, 2.45) is 5.92 Å². The van der Waals surface area contributed by atoms with Crippen LogP contribution >= 0.6 is 0 Å². The lowest BCUT2D eigenvalue weighted by atomic mass is 10.0. The highest BCUT2D eigenvalue weighted by Gasteiger charge is 2.32. The average molecular weight is 346 g/mol. The van der Waals surface area contributed by atoms with Gasteiger partial charge in [0.15, 0.2) is 0 Å². The molecule has 2 heterocycles. The predicted octanol–water partition coefficient (Wildman–Crippen LogP) is 2.33. The van der Waals surface area contributed by atoms with Crippen molar-refractivity contribution in [1.82, 2.24) is 9.80 Å². The van der Waals surface area contributed by atoms with Crippen LogP contribution in [-0.4, -0.2) is 67.7 Å². The zero-order valence-corrected chi connectivity index (χ0v) is 15.4. The van der Waals surface area contributed by atoms with Crippen LogP contribution in [0, 0.1) is 5.92 Å². The molecule has 0 unspecified atom stereocenters. The lowest BCUT2D eigenvalue weighted by Crippen LogP contribution is -2.49. The molecule has 138 valence electrons. The number of ether oxygens (including phenoxy) is 2. The molecule has 2 atom stereocenters. The first kappa shape index (κ1) is 18.4. The van der Waals surface area contributed by atoms with E-state index in [1.165, 1.54) is 0 Å². The van der Waals surface area contributed by atoms with Gasteiger partial charge in [0.05, 0.1) is 25.9 Å². The second-order valence-corrected chi connectivity index (χ2v) is 7.32. The molecule has 2 fully saturated rings. The Hall–Kier alpha value is -1.43. The molecule has 1 aromatic carbocycles. The van der Waals surface area contributed by atoms with Crippen molar-refractivity contribution in [2.75, 3.05) is 45.9 Å². The highest BCUT2D eigenvalue weighted by atomic mass is 16.5. The monoisotopic (exact) mass is 346 g/mol. The van der Waals surface area contributed by atoms with Crippen molar-refractivity contribution in [3.05, 3.63) is 35.9 Å². The summed E-state index contributed by atoms with van der Waals surface area (Å²) < 4.78 is 11.7. The van der Waals surface area contributed by atoms with Crippen molar-refractivity contribution in [1.29, 1.82) is 0 Å². The number of amides is 1. The maximum Gasteiger partial charge on any atom is 0.224 e. The van der Waals surface area contributed by atoms with E-state index in [0.29, 0.717) is 25.4 Å². The summed E-state index contributed by atoms with van der Waals surface area (Å²) in [5, 5.41) is 0. The summed E-state index contributed by atoms with van der Waals surface area (Å²) >= 11 is 0. The van der Waals surface area contributed by atoms with Crippen LogP contribution < -0.4 is 0 Å². The van der Waals surface area contributed by atoms with Crippen LogP contribution in [-0.2, 0) is 14.3 Å². The van der Waals surface area contributed by atoms with Gasteiger partial charge in [-0.2, -0.15) is 0 Å². The molecule has 0 radical (unpaired) electrons. The van der Waals surface area contributed by atoms with Gasteiger partial charge in [-0.05, 0) is 11.5 Å². The lowest BCUT2D eigenvalue weighted by Gasteiger charge is -2.40. The van der Waals surface area contributed by atoms with E-state index >= 15 is 0 Å². The van der Waals surface area contributed by atoms with Crippen LogP contribution in [0.5, 0.6) is 0 Å². The van der Waals surface area contributed by atoms with E-state index in [-0.39, 0.29) is 18.1 Å². The molecule has 2 saturated heterocycles. The maximum atomic E-state index is 12.8. The molecule has 5 heteroatoms. The third-order valence-corrected chi connectivity index (χ3v) is 5.14. The first-order valence-electron chi connectivity index (χ1n) is 9.42. The summed E-state index contributed by atoms with van der Waals surface area (Å²) in [4.78, 5) is 17.1. The highest BCUT2D eigenvalue weighted by Crippen LogP contribution is 2.28. The van der Waals surface area contributed by atoms with E-state index in [2.05, 4.69) is 30.9 Å². The normalized spacial score (nSPS) is 25.3. The molecule has 1 amide bonds. The van der Waals surface area contributed by atoms with E-state index in [1.54, 1.807) is 0 Å². The van der Waals surface area contributed by atoms with Gasteiger partial charge in [0, 0.05) is 32.6 Å². The van der Waals surface area contributed by atoms with Crippen LogP contribution in [0.3, 0.4) is 0 Å². The molecule has 25 heavy (non-hydrogen) atoms. The Morgan fingerprint density at radius 1 is 1.16 bits per heavy atom. The molecule has 0 bridgehead atoms. The molecule has 0 aliphatic carbocycles. The molecule has 0 spiro atoms. The molecule has 0 N–H and O–H groups in total. The number of hydrogen-bond donors (Lipinski definition) is 0. The smallest absolute Gasteiger partial charge is 0.224 e. The summed E-state index contributed by atoms with van der Waals surface area (Å²) in [7, 11) is 0. The third-order valence-electron chi connectivity index (χ3n) is 5.14. The summed E-state index contributed by atoms with van der Waals surface area (Å²) in [5.41, 5.74) is 1.15. The van der Waals surface area contributed by atoms with Gasteiger partial charge < -0.3 is 14.4 Å². The van der Waals surface area contributed by atoms with Crippen LogP contribution in [0.15, 0.2) is 30.3 Å². The second kappa shape index (κ2) is 8.79. The van der Waals surface area contributed by atoms with Crippen LogP contribution in [0.1, 0.15) is 31.9 Å². The fourth-order valence-corrected chi connectivity index (χ4v) is 3.45. The summed E-state index contributed by atoms with van der Waals surface area (Å²) in [6.07, 6.45) is 0.632. The minimum atomic E-state index is -0.0327. The van der Waals surface area contributed by atoms with Crippen molar-refractivity contribution in [3.8, 4) is 0 Å². The quantitative estimate of drug-likeness (QED) is 0.821. The van der Waals surface area contributed by atoms with E-state index in [9.17, 15) is 4.79 Å². The Morgan fingerprint density at radius 2 is 1.88 bits per heavy atom. The molecule has 5 nitrogen and oxygen atoms in total. The van der Waals surface area contributed by atoms with E-state index in [0.717, 1.165) is 38.4 Å². The van der Waals surface area contributed by atoms with Gasteiger partial charge in [-0.15, -0.1) is 0 Å². The molecule has 0 aromatic heterocycles. The topological polar surface area (TPSA) is 42.0 Å². The Labute approximate surface area is 150 Å². The minimum absolute atomic E-state index is 0.0327. The standard InChI is InChI=1S/C20H30N2O3/c1-16(2)18-14-22(15-19(25-18)17-6-4-3-5-7-17)20(23)8-9-21-10-12-24-13-11-21/h3-7,16,18-19H,8-15H2,1-2H3/t18-,19+/m1/s1. The number of benzene rings is 1. The number of carbonyl (C=O) groups is 1. The fraction of sp³-hybridized carbons (Fsp3) is 0.650. The summed E-state index contributed by atoms with van der Waals surface area (Å²) in [6.45, 7) is 9.90. The van der Waals surface area contributed by atoms with Gasteiger partial charge in [0.2, 0.25) is 5.91 Å². The molecule has 2 aliphatic heterocycles. The summed E-state index contributed by atoms with van der Waals surface area (Å²) in [6, 6.07) is 10.2. The van der Waals surface area contributed by atoms with Crippen molar-refractivity contribution in [3.63, 3.8) is 0 Å².